The minimum Gasteiger partial charge on any atom is -0.437 e. The van der Waals surface area contributed by atoms with Gasteiger partial charge in [0, 0.05) is 19.2 Å². The summed E-state index contributed by atoms with van der Waals surface area (Å²) in [4.78, 5) is 17.3. The smallest absolute Gasteiger partial charge is 0.255 e. The maximum atomic E-state index is 13.4. The Kier molecular flexibility index (Phi) is 5.47. The molecule has 9 heteroatoms. The first-order valence-electron chi connectivity index (χ1n) is 10.1. The van der Waals surface area contributed by atoms with Crippen LogP contribution in [0.1, 0.15) is 48.0 Å². The van der Waals surface area contributed by atoms with Crippen LogP contribution in [-0.2, 0) is 10.0 Å². The van der Waals surface area contributed by atoms with Crippen molar-refractivity contribution in [3.8, 4) is 11.3 Å². The van der Waals surface area contributed by atoms with Gasteiger partial charge in [-0.05, 0) is 54.7 Å². The van der Waals surface area contributed by atoms with Crippen LogP contribution in [0, 0.1) is 5.82 Å². The summed E-state index contributed by atoms with van der Waals surface area (Å²) in [5.74, 6) is -0.111. The molecule has 0 spiro atoms. The van der Waals surface area contributed by atoms with E-state index in [0.717, 1.165) is 31.1 Å². The van der Waals surface area contributed by atoms with Crippen LogP contribution in [0.5, 0.6) is 0 Å². The molecule has 0 aliphatic carbocycles. The second-order valence-corrected chi connectivity index (χ2v) is 9.78. The fourth-order valence-corrected chi connectivity index (χ4v) is 4.96. The van der Waals surface area contributed by atoms with E-state index in [0.29, 0.717) is 28.9 Å². The Labute approximate surface area is 180 Å². The highest BCUT2D eigenvalue weighted by molar-refractivity contribution is 7.92. The molecule has 164 valence electrons. The highest BCUT2D eigenvalue weighted by atomic mass is 32.2. The molecular weight excluding hydrogens is 421 g/mol. The molecule has 1 N–H and O–H groups in total. The van der Waals surface area contributed by atoms with E-state index in [1.54, 1.807) is 0 Å². The number of anilines is 1. The molecule has 1 unspecified atom stereocenters. The number of hydrogen-bond donors (Lipinski definition) is 1. The zero-order valence-corrected chi connectivity index (χ0v) is 18.4. The molecule has 1 atom stereocenters. The lowest BCUT2D eigenvalue weighted by molar-refractivity contribution is 0.0964. The molecule has 3 aromatic rings. The SMILES string of the molecule is CNC(=O)c1c(-c2ccc(F)cc2)oc2nc3c(cc12)C(C)CCCCN3S(C)(=O)=O. The lowest BCUT2D eigenvalue weighted by Gasteiger charge is -2.28. The number of carbonyl (C=O) groups is 1. The van der Waals surface area contributed by atoms with Gasteiger partial charge in [0.25, 0.3) is 5.91 Å². The van der Waals surface area contributed by atoms with Crippen LogP contribution < -0.4 is 9.62 Å². The van der Waals surface area contributed by atoms with Gasteiger partial charge >= 0.3 is 0 Å². The topological polar surface area (TPSA) is 92.5 Å². The first kappa shape index (κ1) is 21.3. The average molecular weight is 446 g/mol. The summed E-state index contributed by atoms with van der Waals surface area (Å²) in [6, 6.07) is 7.45. The van der Waals surface area contributed by atoms with Crippen molar-refractivity contribution in [1.29, 1.82) is 0 Å². The molecule has 1 amide bonds. The van der Waals surface area contributed by atoms with Crippen LogP contribution in [0.2, 0.25) is 0 Å². The first-order chi connectivity index (χ1) is 14.7. The van der Waals surface area contributed by atoms with Gasteiger partial charge in [-0.25, -0.2) is 12.8 Å². The fourth-order valence-electron chi connectivity index (χ4n) is 4.04. The summed E-state index contributed by atoms with van der Waals surface area (Å²) >= 11 is 0. The third-order valence-corrected chi connectivity index (χ3v) is 6.82. The minimum atomic E-state index is -3.54. The highest BCUT2D eigenvalue weighted by Crippen LogP contribution is 2.40. The van der Waals surface area contributed by atoms with Crippen LogP contribution in [-0.4, -0.2) is 39.2 Å². The summed E-state index contributed by atoms with van der Waals surface area (Å²) in [6.07, 6.45) is 3.67. The van der Waals surface area contributed by atoms with Gasteiger partial charge in [-0.1, -0.05) is 13.3 Å². The Morgan fingerprint density at radius 3 is 2.61 bits per heavy atom. The second-order valence-electron chi connectivity index (χ2n) is 7.88. The van der Waals surface area contributed by atoms with Crippen molar-refractivity contribution in [3.05, 3.63) is 47.3 Å². The summed E-state index contributed by atoms with van der Waals surface area (Å²) in [6.45, 7) is 2.36. The van der Waals surface area contributed by atoms with Gasteiger partial charge in [-0.2, -0.15) is 4.98 Å². The second kappa shape index (κ2) is 7.96. The number of sulfonamides is 1. The van der Waals surface area contributed by atoms with Gasteiger partial charge in [0.15, 0.2) is 0 Å². The lowest BCUT2D eigenvalue weighted by atomic mass is 9.93. The standard InChI is InChI=1S/C22H24FN3O4S/c1-13-6-4-5-11-26(31(3,28)29)20-16(13)12-17-18(21(27)24-2)19(30-22(17)25-20)14-7-9-15(23)10-8-14/h7-10,12-13H,4-6,11H2,1-3H3,(H,24,27). The molecule has 1 aliphatic heterocycles. The van der Waals surface area contributed by atoms with Crippen molar-refractivity contribution in [2.45, 2.75) is 32.1 Å². The van der Waals surface area contributed by atoms with E-state index >= 15 is 0 Å². The molecular formula is C22H24FN3O4S. The van der Waals surface area contributed by atoms with E-state index < -0.39 is 15.8 Å². The van der Waals surface area contributed by atoms with Gasteiger partial charge < -0.3 is 9.73 Å². The number of aromatic nitrogens is 1. The number of pyridine rings is 1. The Morgan fingerprint density at radius 1 is 1.26 bits per heavy atom. The van der Waals surface area contributed by atoms with Crippen LogP contribution in [0.15, 0.2) is 34.7 Å². The van der Waals surface area contributed by atoms with Crippen LogP contribution in [0.3, 0.4) is 0 Å². The molecule has 0 bridgehead atoms. The van der Waals surface area contributed by atoms with Crippen molar-refractivity contribution in [3.63, 3.8) is 0 Å². The van der Waals surface area contributed by atoms with Gasteiger partial charge in [0.05, 0.1) is 17.2 Å². The van der Waals surface area contributed by atoms with E-state index in [1.807, 2.05) is 13.0 Å². The van der Waals surface area contributed by atoms with Crippen molar-refractivity contribution in [2.75, 3.05) is 24.2 Å². The monoisotopic (exact) mass is 445 g/mol. The molecule has 31 heavy (non-hydrogen) atoms. The number of nitrogens with one attached hydrogen (secondary N) is 1. The van der Waals surface area contributed by atoms with E-state index in [2.05, 4.69) is 10.3 Å². The van der Waals surface area contributed by atoms with E-state index in [1.165, 1.54) is 35.6 Å². The highest BCUT2D eigenvalue weighted by Gasteiger charge is 2.30. The number of nitrogens with zero attached hydrogens (tertiary/aromatic N) is 2. The molecule has 1 aliphatic rings. The first-order valence-corrected chi connectivity index (χ1v) is 12.0. The summed E-state index contributed by atoms with van der Waals surface area (Å²) in [7, 11) is -2.03. The van der Waals surface area contributed by atoms with E-state index in [-0.39, 0.29) is 23.3 Å². The number of benzene rings is 1. The molecule has 3 heterocycles. The predicted octanol–water partition coefficient (Wildman–Crippen LogP) is 4.05. The molecule has 0 radical (unpaired) electrons. The molecule has 0 saturated heterocycles. The Morgan fingerprint density at radius 2 is 1.97 bits per heavy atom. The van der Waals surface area contributed by atoms with Crippen molar-refractivity contribution in [1.82, 2.24) is 10.3 Å². The maximum Gasteiger partial charge on any atom is 0.255 e. The summed E-state index contributed by atoms with van der Waals surface area (Å²) in [5.41, 5.74) is 1.74. The molecule has 4 rings (SSSR count). The summed E-state index contributed by atoms with van der Waals surface area (Å²) in [5, 5.41) is 3.12. The zero-order chi connectivity index (χ0) is 22.3. The molecule has 2 aromatic heterocycles. The van der Waals surface area contributed by atoms with Crippen molar-refractivity contribution in [2.24, 2.45) is 0 Å². The zero-order valence-electron chi connectivity index (χ0n) is 17.6. The Bertz CT molecular complexity index is 1250. The number of carbonyl (C=O) groups excluding carboxylic acids is 1. The van der Waals surface area contributed by atoms with Gasteiger partial charge in [-0.3, -0.25) is 9.10 Å². The van der Waals surface area contributed by atoms with Crippen LogP contribution in [0.25, 0.3) is 22.4 Å². The van der Waals surface area contributed by atoms with E-state index in [4.69, 9.17) is 4.42 Å². The number of amides is 1. The normalized spacial score (nSPS) is 17.2. The minimum absolute atomic E-state index is 0.0539. The molecule has 0 fully saturated rings. The molecule has 0 saturated carbocycles. The third kappa shape index (κ3) is 3.89. The number of rotatable bonds is 3. The fraction of sp³-hybridized carbons (Fsp3) is 0.364. The maximum absolute atomic E-state index is 13.4. The summed E-state index contributed by atoms with van der Waals surface area (Å²) < 4.78 is 45.7. The quantitative estimate of drug-likeness (QED) is 0.657. The van der Waals surface area contributed by atoms with Crippen molar-refractivity contribution >= 4 is 32.8 Å². The third-order valence-electron chi connectivity index (χ3n) is 5.67. The predicted molar refractivity (Wildman–Crippen MR) is 117 cm³/mol. The average Bonchev–Trinajstić information content (AvgIpc) is 3.08. The van der Waals surface area contributed by atoms with Gasteiger partial charge in [-0.15, -0.1) is 0 Å². The number of halogens is 1. The Balaban J connectivity index is 2.03. The van der Waals surface area contributed by atoms with Crippen LogP contribution in [0.4, 0.5) is 10.2 Å². The van der Waals surface area contributed by atoms with Gasteiger partial charge in [0.1, 0.15) is 17.4 Å². The Hall–Kier alpha value is -2.94. The van der Waals surface area contributed by atoms with Gasteiger partial charge in [0.2, 0.25) is 15.7 Å². The number of furan rings is 1. The number of hydrogen-bond acceptors (Lipinski definition) is 5. The van der Waals surface area contributed by atoms with E-state index in [9.17, 15) is 17.6 Å². The lowest BCUT2D eigenvalue weighted by Crippen LogP contribution is -2.33. The van der Waals surface area contributed by atoms with Crippen LogP contribution >= 0.6 is 0 Å². The largest absolute Gasteiger partial charge is 0.437 e. The van der Waals surface area contributed by atoms with Crippen molar-refractivity contribution < 1.29 is 22.0 Å². The molecule has 7 nitrogen and oxygen atoms in total. The number of fused-ring (bicyclic) bond motifs is 2. The molecule has 1 aromatic carbocycles.